The molecule has 0 aromatic carbocycles. The lowest BCUT2D eigenvalue weighted by Crippen LogP contribution is -2.44. The van der Waals surface area contributed by atoms with E-state index in [1.165, 1.54) is 0 Å². The average molecular weight is 243 g/mol. The van der Waals surface area contributed by atoms with Gasteiger partial charge in [0.25, 0.3) is 5.91 Å². The second-order valence-corrected chi connectivity index (χ2v) is 4.47. The van der Waals surface area contributed by atoms with Gasteiger partial charge in [-0.25, -0.2) is 4.79 Å². The van der Waals surface area contributed by atoms with E-state index in [4.69, 9.17) is 5.11 Å². The number of carbonyl (C=O) groups excluding carboxylic acids is 1. The van der Waals surface area contributed by atoms with Crippen molar-refractivity contribution in [3.63, 3.8) is 0 Å². The minimum atomic E-state index is -1.04. The Hall–Kier alpha value is -1.50. The summed E-state index contributed by atoms with van der Waals surface area (Å²) in [6, 6.07) is -0.894. The highest BCUT2D eigenvalue weighted by Gasteiger charge is 2.25. The van der Waals surface area contributed by atoms with Crippen LogP contribution in [0, 0.1) is 12.8 Å². The van der Waals surface area contributed by atoms with Gasteiger partial charge in [0.1, 0.15) is 10.9 Å². The fourth-order valence-corrected chi connectivity index (χ4v) is 1.72. The molecule has 0 spiro atoms. The number of carboxylic acid groups (broad SMARTS) is 1. The van der Waals surface area contributed by atoms with Gasteiger partial charge >= 0.3 is 5.97 Å². The van der Waals surface area contributed by atoms with E-state index in [0.717, 1.165) is 11.5 Å². The number of aromatic nitrogens is 2. The Labute approximate surface area is 96.8 Å². The van der Waals surface area contributed by atoms with Gasteiger partial charge in [0, 0.05) is 0 Å². The van der Waals surface area contributed by atoms with E-state index in [1.807, 2.05) is 0 Å². The molecule has 1 aromatic rings. The first-order valence-electron chi connectivity index (χ1n) is 4.76. The van der Waals surface area contributed by atoms with Crippen LogP contribution in [0.5, 0.6) is 0 Å². The van der Waals surface area contributed by atoms with Crippen molar-refractivity contribution in [2.45, 2.75) is 26.8 Å². The number of aryl methyl sites for hydroxylation is 1. The molecule has 1 heterocycles. The molecule has 2 N–H and O–H groups in total. The summed E-state index contributed by atoms with van der Waals surface area (Å²) >= 11 is 0.957. The molecule has 0 saturated heterocycles. The third kappa shape index (κ3) is 2.75. The molecule has 1 rings (SSSR count). The molecule has 0 bridgehead atoms. The molecule has 1 amide bonds. The van der Waals surface area contributed by atoms with E-state index in [0.29, 0.717) is 10.6 Å². The third-order valence-corrected chi connectivity index (χ3v) is 2.90. The van der Waals surface area contributed by atoms with Crippen molar-refractivity contribution >= 4 is 23.4 Å². The Morgan fingerprint density at radius 3 is 2.44 bits per heavy atom. The summed E-state index contributed by atoms with van der Waals surface area (Å²) in [5.74, 6) is -1.66. The molecule has 1 aromatic heterocycles. The molecule has 6 nitrogen and oxygen atoms in total. The predicted octanol–water partition coefficient (Wildman–Crippen LogP) is 0.686. The van der Waals surface area contributed by atoms with E-state index in [-0.39, 0.29) is 5.92 Å². The van der Waals surface area contributed by atoms with E-state index < -0.39 is 17.9 Å². The van der Waals surface area contributed by atoms with Gasteiger partial charge in [-0.1, -0.05) is 18.3 Å². The Morgan fingerprint density at radius 1 is 1.44 bits per heavy atom. The molecular formula is C9H13N3O3S. The van der Waals surface area contributed by atoms with Crippen molar-refractivity contribution in [2.75, 3.05) is 0 Å². The van der Waals surface area contributed by atoms with Gasteiger partial charge in [0.05, 0.1) is 5.69 Å². The molecule has 0 radical (unpaired) electrons. The monoisotopic (exact) mass is 243 g/mol. The van der Waals surface area contributed by atoms with Gasteiger partial charge in [-0.3, -0.25) is 4.79 Å². The Balaban J connectivity index is 2.77. The summed E-state index contributed by atoms with van der Waals surface area (Å²) in [6.45, 7) is 5.12. The van der Waals surface area contributed by atoms with Gasteiger partial charge in [-0.15, -0.1) is 5.10 Å². The molecule has 16 heavy (non-hydrogen) atoms. The predicted molar refractivity (Wildman–Crippen MR) is 58.4 cm³/mol. The molecule has 0 aliphatic heterocycles. The zero-order chi connectivity index (χ0) is 12.3. The minimum absolute atomic E-state index is 0.178. The standard InChI is InChI=1S/C9H13N3O3S/c1-4(2)6(9(14)15)10-8(13)7-5(3)11-12-16-7/h4,6H,1-3H3,(H,10,13)(H,14,15). The van der Waals surface area contributed by atoms with E-state index in [9.17, 15) is 9.59 Å². The molecule has 1 atom stereocenters. The topological polar surface area (TPSA) is 92.2 Å². The Kier molecular flexibility index (Phi) is 3.94. The van der Waals surface area contributed by atoms with Crippen molar-refractivity contribution in [3.8, 4) is 0 Å². The SMILES string of the molecule is Cc1nnsc1C(=O)NC(C(=O)O)C(C)C. The Morgan fingerprint density at radius 2 is 2.06 bits per heavy atom. The quantitative estimate of drug-likeness (QED) is 0.811. The largest absolute Gasteiger partial charge is 0.480 e. The molecule has 1 unspecified atom stereocenters. The van der Waals surface area contributed by atoms with Crippen molar-refractivity contribution in [2.24, 2.45) is 5.92 Å². The number of carbonyl (C=O) groups is 2. The van der Waals surface area contributed by atoms with Gasteiger partial charge < -0.3 is 10.4 Å². The number of aliphatic carboxylic acids is 1. The number of nitrogens with zero attached hydrogens (tertiary/aromatic N) is 2. The van der Waals surface area contributed by atoms with E-state index in [1.54, 1.807) is 20.8 Å². The lowest BCUT2D eigenvalue weighted by molar-refractivity contribution is -0.140. The van der Waals surface area contributed by atoms with Crippen molar-refractivity contribution in [1.29, 1.82) is 0 Å². The Bertz CT molecular complexity index is 402. The maximum atomic E-state index is 11.7. The molecule has 0 aliphatic carbocycles. The van der Waals surface area contributed by atoms with Crippen LogP contribution in [0.1, 0.15) is 29.2 Å². The molecule has 0 aliphatic rings. The average Bonchev–Trinajstić information content (AvgIpc) is 2.59. The molecule has 0 fully saturated rings. The highest BCUT2D eigenvalue weighted by Crippen LogP contribution is 2.10. The summed E-state index contributed by atoms with van der Waals surface area (Å²) in [6.07, 6.45) is 0. The first-order chi connectivity index (χ1) is 7.43. The lowest BCUT2D eigenvalue weighted by atomic mass is 10.0. The zero-order valence-electron chi connectivity index (χ0n) is 9.22. The lowest BCUT2D eigenvalue weighted by Gasteiger charge is -2.17. The summed E-state index contributed by atoms with van der Waals surface area (Å²) in [7, 11) is 0. The first kappa shape index (κ1) is 12.6. The summed E-state index contributed by atoms with van der Waals surface area (Å²) < 4.78 is 3.62. The van der Waals surface area contributed by atoms with Gasteiger partial charge in [-0.2, -0.15) is 0 Å². The first-order valence-corrected chi connectivity index (χ1v) is 5.53. The summed E-state index contributed by atoms with van der Waals surface area (Å²) in [5.41, 5.74) is 0.510. The fourth-order valence-electron chi connectivity index (χ4n) is 1.16. The molecular weight excluding hydrogens is 230 g/mol. The zero-order valence-corrected chi connectivity index (χ0v) is 10.0. The van der Waals surface area contributed by atoms with Crippen LogP contribution in [0.2, 0.25) is 0 Å². The van der Waals surface area contributed by atoms with Crippen LogP contribution in [-0.2, 0) is 4.79 Å². The van der Waals surface area contributed by atoms with Gasteiger partial charge in [-0.05, 0) is 24.4 Å². The van der Waals surface area contributed by atoms with Crippen molar-refractivity contribution < 1.29 is 14.7 Å². The maximum Gasteiger partial charge on any atom is 0.326 e. The molecule has 7 heteroatoms. The van der Waals surface area contributed by atoms with Crippen molar-refractivity contribution in [1.82, 2.24) is 14.9 Å². The summed E-state index contributed by atoms with van der Waals surface area (Å²) in [4.78, 5) is 22.9. The van der Waals surface area contributed by atoms with E-state index in [2.05, 4.69) is 14.9 Å². The second-order valence-electron chi connectivity index (χ2n) is 3.72. The van der Waals surface area contributed by atoms with Crippen LogP contribution in [0.3, 0.4) is 0 Å². The van der Waals surface area contributed by atoms with Crippen LogP contribution < -0.4 is 5.32 Å². The van der Waals surface area contributed by atoms with E-state index >= 15 is 0 Å². The smallest absolute Gasteiger partial charge is 0.326 e. The second kappa shape index (κ2) is 5.02. The van der Waals surface area contributed by atoms with Crippen LogP contribution in [0.15, 0.2) is 0 Å². The van der Waals surface area contributed by atoms with Gasteiger partial charge in [0.2, 0.25) is 0 Å². The van der Waals surface area contributed by atoms with Crippen molar-refractivity contribution in [3.05, 3.63) is 10.6 Å². The van der Waals surface area contributed by atoms with Crippen LogP contribution in [0.4, 0.5) is 0 Å². The highest BCUT2D eigenvalue weighted by molar-refractivity contribution is 7.08. The normalized spacial score (nSPS) is 12.5. The molecule has 0 saturated carbocycles. The number of hydrogen-bond acceptors (Lipinski definition) is 5. The maximum absolute atomic E-state index is 11.7. The number of rotatable bonds is 4. The molecule has 88 valence electrons. The third-order valence-electron chi connectivity index (χ3n) is 2.08. The van der Waals surface area contributed by atoms with Gasteiger partial charge in [0.15, 0.2) is 0 Å². The fraction of sp³-hybridized carbons (Fsp3) is 0.556. The minimum Gasteiger partial charge on any atom is -0.480 e. The number of hydrogen-bond donors (Lipinski definition) is 2. The van der Waals surface area contributed by atoms with Crippen LogP contribution in [-0.4, -0.2) is 32.6 Å². The number of amides is 1. The number of carboxylic acids is 1. The summed E-state index contributed by atoms with van der Waals surface area (Å²) in [5, 5.41) is 15.1. The number of nitrogens with one attached hydrogen (secondary N) is 1. The highest BCUT2D eigenvalue weighted by atomic mass is 32.1. The van der Waals surface area contributed by atoms with Crippen LogP contribution >= 0.6 is 11.5 Å². The van der Waals surface area contributed by atoms with Crippen LogP contribution in [0.25, 0.3) is 0 Å².